The molecule has 0 aromatic carbocycles. The molecule has 1 heterocycles. The highest BCUT2D eigenvalue weighted by Gasteiger charge is 1.98. The Balaban J connectivity index is 2.62. The Morgan fingerprint density at radius 3 is 3.09 bits per heavy atom. The van der Waals surface area contributed by atoms with Crippen LogP contribution in [-0.4, -0.2) is 16.3 Å². The van der Waals surface area contributed by atoms with Crippen molar-refractivity contribution in [1.29, 1.82) is 0 Å². The highest BCUT2D eigenvalue weighted by molar-refractivity contribution is 5.00. The van der Waals surface area contributed by atoms with E-state index in [-0.39, 0.29) is 0 Å². The third-order valence-corrected chi connectivity index (χ3v) is 1.65. The predicted octanol–water partition coefficient (Wildman–Crippen LogP) is 0.794. The van der Waals surface area contributed by atoms with Crippen molar-refractivity contribution in [3.63, 3.8) is 0 Å². The van der Waals surface area contributed by atoms with Gasteiger partial charge in [0.1, 0.15) is 0 Å². The summed E-state index contributed by atoms with van der Waals surface area (Å²) < 4.78 is 1.98. The zero-order valence-electron chi connectivity index (χ0n) is 6.95. The second-order valence-corrected chi connectivity index (χ2v) is 2.58. The van der Waals surface area contributed by atoms with Gasteiger partial charge in [0, 0.05) is 18.4 Å². The summed E-state index contributed by atoms with van der Waals surface area (Å²) in [6.07, 6.45) is 4.09. The van der Waals surface area contributed by atoms with E-state index in [1.54, 1.807) is 0 Å². The lowest BCUT2D eigenvalue weighted by atomic mass is 10.2. The van der Waals surface area contributed by atoms with E-state index >= 15 is 0 Å². The monoisotopic (exact) mass is 153 g/mol. The van der Waals surface area contributed by atoms with E-state index in [0.29, 0.717) is 6.54 Å². The van der Waals surface area contributed by atoms with Gasteiger partial charge in [-0.3, -0.25) is 4.68 Å². The summed E-state index contributed by atoms with van der Waals surface area (Å²) in [4.78, 5) is 0. The molecule has 0 bridgehead atoms. The fraction of sp³-hybridized carbons (Fsp3) is 0.625. The molecule has 0 aliphatic heterocycles. The van der Waals surface area contributed by atoms with Crippen LogP contribution in [0.1, 0.15) is 19.0 Å². The zero-order chi connectivity index (χ0) is 8.10. The molecule has 0 aliphatic carbocycles. The number of aryl methyl sites for hydroxylation is 1. The van der Waals surface area contributed by atoms with Gasteiger partial charge < -0.3 is 5.73 Å². The van der Waals surface area contributed by atoms with E-state index in [0.717, 1.165) is 19.4 Å². The van der Waals surface area contributed by atoms with Gasteiger partial charge in [-0.15, -0.1) is 0 Å². The van der Waals surface area contributed by atoms with E-state index in [1.165, 1.54) is 5.69 Å². The Morgan fingerprint density at radius 1 is 1.64 bits per heavy atom. The lowest BCUT2D eigenvalue weighted by Crippen LogP contribution is -2.13. The summed E-state index contributed by atoms with van der Waals surface area (Å²) >= 11 is 0. The Bertz CT molecular complexity index is 184. The summed E-state index contributed by atoms with van der Waals surface area (Å²) in [5, 5.41) is 4.16. The maximum atomic E-state index is 5.42. The molecule has 0 fully saturated rings. The van der Waals surface area contributed by atoms with Crippen molar-refractivity contribution < 1.29 is 0 Å². The molecule has 0 saturated carbocycles. The summed E-state index contributed by atoms with van der Waals surface area (Å²) in [6.45, 7) is 3.67. The van der Waals surface area contributed by atoms with Gasteiger partial charge in [-0.2, -0.15) is 5.10 Å². The van der Waals surface area contributed by atoms with Gasteiger partial charge in [0.05, 0.1) is 6.54 Å². The number of aromatic nitrogens is 2. The van der Waals surface area contributed by atoms with Crippen LogP contribution >= 0.6 is 0 Å². The fourth-order valence-electron chi connectivity index (χ4n) is 1.15. The van der Waals surface area contributed by atoms with Crippen LogP contribution in [0.2, 0.25) is 0 Å². The molecular formula is C8H15N3. The highest BCUT2D eigenvalue weighted by Crippen LogP contribution is 2.01. The van der Waals surface area contributed by atoms with Gasteiger partial charge in [-0.1, -0.05) is 13.3 Å². The number of hydrogen-bond donors (Lipinski definition) is 1. The molecule has 0 atom stereocenters. The smallest absolute Gasteiger partial charge is 0.0534 e. The normalized spacial score (nSPS) is 10.4. The maximum absolute atomic E-state index is 5.42. The van der Waals surface area contributed by atoms with Crippen molar-refractivity contribution >= 4 is 0 Å². The predicted molar refractivity (Wildman–Crippen MR) is 45.3 cm³/mol. The number of nitrogens with two attached hydrogens (primary N) is 1. The highest BCUT2D eigenvalue weighted by atomic mass is 15.3. The van der Waals surface area contributed by atoms with Crippen LogP contribution in [0.25, 0.3) is 0 Å². The molecule has 0 unspecified atom stereocenters. The van der Waals surface area contributed by atoms with Crippen LogP contribution in [0.5, 0.6) is 0 Å². The van der Waals surface area contributed by atoms with Crippen molar-refractivity contribution in [2.75, 3.05) is 6.54 Å². The van der Waals surface area contributed by atoms with Crippen molar-refractivity contribution in [2.45, 2.75) is 26.3 Å². The molecule has 0 aliphatic rings. The topological polar surface area (TPSA) is 43.8 Å². The minimum Gasteiger partial charge on any atom is -0.329 e. The second-order valence-electron chi connectivity index (χ2n) is 2.58. The Kier molecular flexibility index (Phi) is 3.11. The SMILES string of the molecule is CCCc1ccnn1CCN. The lowest BCUT2D eigenvalue weighted by Gasteiger charge is -2.03. The molecule has 1 aromatic heterocycles. The first kappa shape index (κ1) is 8.27. The third-order valence-electron chi connectivity index (χ3n) is 1.65. The van der Waals surface area contributed by atoms with Gasteiger partial charge in [0.15, 0.2) is 0 Å². The Hall–Kier alpha value is -0.830. The van der Waals surface area contributed by atoms with Crippen LogP contribution in [0.4, 0.5) is 0 Å². The summed E-state index contributed by atoms with van der Waals surface area (Å²) in [7, 11) is 0. The van der Waals surface area contributed by atoms with E-state index in [2.05, 4.69) is 18.1 Å². The summed E-state index contributed by atoms with van der Waals surface area (Å²) in [5.41, 5.74) is 6.71. The van der Waals surface area contributed by atoms with Gasteiger partial charge in [0.2, 0.25) is 0 Å². The van der Waals surface area contributed by atoms with Crippen LogP contribution in [0, 0.1) is 0 Å². The molecule has 3 heteroatoms. The van der Waals surface area contributed by atoms with Crippen molar-refractivity contribution in [3.8, 4) is 0 Å². The summed E-state index contributed by atoms with van der Waals surface area (Å²) in [5.74, 6) is 0. The molecule has 3 nitrogen and oxygen atoms in total. The largest absolute Gasteiger partial charge is 0.329 e. The molecule has 0 spiro atoms. The molecule has 0 saturated heterocycles. The van der Waals surface area contributed by atoms with Gasteiger partial charge in [0.25, 0.3) is 0 Å². The van der Waals surface area contributed by atoms with Crippen molar-refractivity contribution in [2.24, 2.45) is 5.73 Å². The molecule has 0 amide bonds. The minimum atomic E-state index is 0.665. The van der Waals surface area contributed by atoms with Gasteiger partial charge in [-0.05, 0) is 12.5 Å². The average Bonchev–Trinajstić information content (AvgIpc) is 2.39. The molecule has 11 heavy (non-hydrogen) atoms. The summed E-state index contributed by atoms with van der Waals surface area (Å²) in [6, 6.07) is 2.05. The average molecular weight is 153 g/mol. The number of nitrogens with zero attached hydrogens (tertiary/aromatic N) is 2. The van der Waals surface area contributed by atoms with Crippen LogP contribution < -0.4 is 5.73 Å². The maximum Gasteiger partial charge on any atom is 0.0534 e. The molecule has 0 radical (unpaired) electrons. The van der Waals surface area contributed by atoms with E-state index in [9.17, 15) is 0 Å². The molecular weight excluding hydrogens is 138 g/mol. The second kappa shape index (κ2) is 4.13. The van der Waals surface area contributed by atoms with E-state index in [4.69, 9.17) is 5.73 Å². The third kappa shape index (κ3) is 2.05. The quantitative estimate of drug-likeness (QED) is 0.695. The molecule has 1 rings (SSSR count). The first-order valence-electron chi connectivity index (χ1n) is 4.09. The first-order valence-corrected chi connectivity index (χ1v) is 4.09. The Labute approximate surface area is 67.2 Å². The van der Waals surface area contributed by atoms with Gasteiger partial charge >= 0.3 is 0 Å². The fourth-order valence-corrected chi connectivity index (χ4v) is 1.15. The van der Waals surface area contributed by atoms with Gasteiger partial charge in [-0.25, -0.2) is 0 Å². The molecule has 1 aromatic rings. The standard InChI is InChI=1S/C8H15N3/c1-2-3-8-4-6-10-11(8)7-5-9/h4,6H,2-3,5,7,9H2,1H3. The number of rotatable bonds is 4. The van der Waals surface area contributed by atoms with Crippen LogP contribution in [0.3, 0.4) is 0 Å². The van der Waals surface area contributed by atoms with Crippen LogP contribution in [-0.2, 0) is 13.0 Å². The van der Waals surface area contributed by atoms with Crippen molar-refractivity contribution in [3.05, 3.63) is 18.0 Å². The van der Waals surface area contributed by atoms with Crippen LogP contribution in [0.15, 0.2) is 12.3 Å². The first-order chi connectivity index (χ1) is 5.38. The Morgan fingerprint density at radius 2 is 2.45 bits per heavy atom. The van der Waals surface area contributed by atoms with E-state index in [1.807, 2.05) is 10.9 Å². The number of hydrogen-bond acceptors (Lipinski definition) is 2. The van der Waals surface area contributed by atoms with Crippen molar-refractivity contribution in [1.82, 2.24) is 9.78 Å². The lowest BCUT2D eigenvalue weighted by molar-refractivity contribution is 0.589. The van der Waals surface area contributed by atoms with E-state index < -0.39 is 0 Å². The minimum absolute atomic E-state index is 0.665. The molecule has 62 valence electrons. The zero-order valence-corrected chi connectivity index (χ0v) is 6.95. The molecule has 2 N–H and O–H groups in total.